The Morgan fingerprint density at radius 2 is 2.50 bits per heavy atom. The zero-order chi connectivity index (χ0) is 13.0. The van der Waals surface area contributed by atoms with Gasteiger partial charge in [0.2, 0.25) is 0 Å². The zero-order valence-electron chi connectivity index (χ0n) is 11.4. The number of nitrogens with two attached hydrogens (primary N) is 1. The molecule has 0 aliphatic carbocycles. The molecule has 2 heterocycles. The molecule has 102 valence electrons. The van der Waals surface area contributed by atoms with E-state index in [1.165, 1.54) is 12.1 Å². The maximum atomic E-state index is 5.66. The van der Waals surface area contributed by atoms with Crippen molar-refractivity contribution in [3.8, 4) is 0 Å². The summed E-state index contributed by atoms with van der Waals surface area (Å²) >= 11 is 0. The number of hydrazine groups is 1. The van der Waals surface area contributed by atoms with Gasteiger partial charge in [-0.1, -0.05) is 6.92 Å². The summed E-state index contributed by atoms with van der Waals surface area (Å²) in [5.74, 6) is 5.65. The molecule has 1 fully saturated rings. The summed E-state index contributed by atoms with van der Waals surface area (Å²) < 4.78 is 7.62. The fourth-order valence-electron chi connectivity index (χ4n) is 2.55. The summed E-state index contributed by atoms with van der Waals surface area (Å²) in [6, 6.07) is 2.42. The number of aromatic nitrogens is 2. The van der Waals surface area contributed by atoms with Crippen molar-refractivity contribution in [1.29, 1.82) is 0 Å². The number of nitrogens with zero attached hydrogens (tertiary/aromatic N) is 2. The van der Waals surface area contributed by atoms with Gasteiger partial charge in [-0.15, -0.1) is 0 Å². The van der Waals surface area contributed by atoms with Gasteiger partial charge in [-0.2, -0.15) is 5.10 Å². The second-order valence-electron chi connectivity index (χ2n) is 5.04. The quantitative estimate of drug-likeness (QED) is 0.584. The molecule has 18 heavy (non-hydrogen) atoms. The number of hydrogen-bond acceptors (Lipinski definition) is 4. The Balaban J connectivity index is 1.93. The van der Waals surface area contributed by atoms with Crippen molar-refractivity contribution in [3.63, 3.8) is 0 Å². The van der Waals surface area contributed by atoms with Crippen LogP contribution in [0.5, 0.6) is 0 Å². The Labute approximate surface area is 109 Å². The minimum atomic E-state index is 0.258. The minimum Gasteiger partial charge on any atom is -0.378 e. The molecular weight excluding hydrogens is 228 g/mol. The summed E-state index contributed by atoms with van der Waals surface area (Å²) in [6.45, 7) is 3.02. The molecule has 2 atom stereocenters. The van der Waals surface area contributed by atoms with Crippen molar-refractivity contribution in [2.75, 3.05) is 6.61 Å². The summed E-state index contributed by atoms with van der Waals surface area (Å²) in [5, 5.41) is 4.47. The lowest BCUT2D eigenvalue weighted by Crippen LogP contribution is -2.39. The van der Waals surface area contributed by atoms with Crippen LogP contribution in [0.4, 0.5) is 0 Å². The highest BCUT2D eigenvalue weighted by Gasteiger charge is 2.21. The van der Waals surface area contributed by atoms with Gasteiger partial charge in [-0.05, 0) is 31.7 Å². The first-order valence-electron chi connectivity index (χ1n) is 6.82. The van der Waals surface area contributed by atoms with Crippen molar-refractivity contribution in [2.45, 2.75) is 51.2 Å². The van der Waals surface area contributed by atoms with E-state index in [1.54, 1.807) is 0 Å². The second-order valence-corrected chi connectivity index (χ2v) is 5.04. The van der Waals surface area contributed by atoms with Crippen LogP contribution in [0.2, 0.25) is 0 Å². The van der Waals surface area contributed by atoms with Crippen LogP contribution in [-0.2, 0) is 24.6 Å². The van der Waals surface area contributed by atoms with Gasteiger partial charge >= 0.3 is 0 Å². The molecule has 3 N–H and O–H groups in total. The summed E-state index contributed by atoms with van der Waals surface area (Å²) in [6.07, 6.45) is 5.55. The second kappa shape index (κ2) is 6.31. The zero-order valence-corrected chi connectivity index (χ0v) is 11.4. The number of aryl methyl sites for hydroxylation is 2. The van der Waals surface area contributed by atoms with Crippen molar-refractivity contribution >= 4 is 0 Å². The largest absolute Gasteiger partial charge is 0.378 e. The van der Waals surface area contributed by atoms with E-state index in [9.17, 15) is 0 Å². The first-order chi connectivity index (χ1) is 8.72. The number of ether oxygens (including phenoxy) is 1. The molecule has 5 heteroatoms. The number of rotatable bonds is 6. The predicted molar refractivity (Wildman–Crippen MR) is 71.0 cm³/mol. The van der Waals surface area contributed by atoms with Crippen LogP contribution < -0.4 is 11.3 Å². The van der Waals surface area contributed by atoms with Gasteiger partial charge in [-0.3, -0.25) is 16.0 Å². The third kappa shape index (κ3) is 3.31. The van der Waals surface area contributed by atoms with E-state index in [0.717, 1.165) is 38.0 Å². The van der Waals surface area contributed by atoms with E-state index in [4.69, 9.17) is 10.6 Å². The molecule has 5 nitrogen and oxygen atoms in total. The summed E-state index contributed by atoms with van der Waals surface area (Å²) in [7, 11) is 1.99. The Kier molecular flexibility index (Phi) is 4.74. The standard InChI is InChI=1S/C13H24N4O/c1-3-10-7-12(17(2)16-10)8-11(15-14)9-13-5-4-6-18-13/h7,11,13,15H,3-6,8-9,14H2,1-2H3. The molecule has 2 unspecified atom stereocenters. The van der Waals surface area contributed by atoms with E-state index in [1.807, 2.05) is 11.7 Å². The lowest BCUT2D eigenvalue weighted by Gasteiger charge is -2.19. The van der Waals surface area contributed by atoms with Gasteiger partial charge in [0.15, 0.2) is 0 Å². The van der Waals surface area contributed by atoms with Crippen LogP contribution in [0.15, 0.2) is 6.07 Å². The third-order valence-electron chi connectivity index (χ3n) is 3.65. The Hall–Kier alpha value is -0.910. The molecule has 0 aromatic carbocycles. The molecule has 1 aromatic rings. The van der Waals surface area contributed by atoms with Crippen molar-refractivity contribution < 1.29 is 4.74 Å². The Morgan fingerprint density at radius 3 is 3.06 bits per heavy atom. The molecule has 1 aliphatic rings. The van der Waals surface area contributed by atoms with Crippen LogP contribution in [0, 0.1) is 0 Å². The van der Waals surface area contributed by atoms with E-state index >= 15 is 0 Å². The molecule has 0 spiro atoms. The van der Waals surface area contributed by atoms with Crippen LogP contribution in [0.25, 0.3) is 0 Å². The molecule has 0 bridgehead atoms. The van der Waals surface area contributed by atoms with Crippen molar-refractivity contribution in [1.82, 2.24) is 15.2 Å². The van der Waals surface area contributed by atoms with Gasteiger partial charge in [0.05, 0.1) is 11.8 Å². The van der Waals surface area contributed by atoms with Gasteiger partial charge in [0.25, 0.3) is 0 Å². The SMILES string of the molecule is CCc1cc(CC(CC2CCCO2)NN)n(C)n1. The van der Waals surface area contributed by atoms with Crippen LogP contribution in [0.1, 0.15) is 37.6 Å². The Morgan fingerprint density at radius 1 is 1.67 bits per heavy atom. The minimum absolute atomic E-state index is 0.258. The molecule has 0 radical (unpaired) electrons. The molecule has 0 saturated carbocycles. The molecule has 1 aliphatic heterocycles. The highest BCUT2D eigenvalue weighted by atomic mass is 16.5. The molecule has 0 amide bonds. The van der Waals surface area contributed by atoms with E-state index in [2.05, 4.69) is 23.5 Å². The van der Waals surface area contributed by atoms with Crippen LogP contribution in [-0.4, -0.2) is 28.5 Å². The fraction of sp³-hybridized carbons (Fsp3) is 0.769. The third-order valence-corrected chi connectivity index (χ3v) is 3.65. The summed E-state index contributed by atoms with van der Waals surface area (Å²) in [4.78, 5) is 0. The lowest BCUT2D eigenvalue weighted by atomic mass is 10.0. The van der Waals surface area contributed by atoms with Gasteiger partial charge < -0.3 is 4.74 Å². The Bertz CT molecular complexity index is 371. The smallest absolute Gasteiger partial charge is 0.0624 e. The summed E-state index contributed by atoms with van der Waals surface area (Å²) in [5.41, 5.74) is 5.28. The van der Waals surface area contributed by atoms with Gasteiger partial charge in [0, 0.05) is 31.8 Å². The number of nitrogens with one attached hydrogen (secondary N) is 1. The highest BCUT2D eigenvalue weighted by molar-refractivity contribution is 5.11. The number of hydrogen-bond donors (Lipinski definition) is 2. The molecule has 1 saturated heterocycles. The van der Waals surface area contributed by atoms with Gasteiger partial charge in [0.1, 0.15) is 0 Å². The topological polar surface area (TPSA) is 65.1 Å². The van der Waals surface area contributed by atoms with Gasteiger partial charge in [-0.25, -0.2) is 0 Å². The monoisotopic (exact) mass is 252 g/mol. The first kappa shape index (κ1) is 13.5. The van der Waals surface area contributed by atoms with E-state index in [-0.39, 0.29) is 6.04 Å². The average Bonchev–Trinajstić information content (AvgIpc) is 2.99. The molecule has 1 aromatic heterocycles. The molecule has 2 rings (SSSR count). The average molecular weight is 252 g/mol. The van der Waals surface area contributed by atoms with Crippen LogP contribution in [0.3, 0.4) is 0 Å². The highest BCUT2D eigenvalue weighted by Crippen LogP contribution is 2.18. The maximum absolute atomic E-state index is 5.66. The predicted octanol–water partition coefficient (Wildman–Crippen LogP) is 0.926. The first-order valence-corrected chi connectivity index (χ1v) is 6.82. The molecular formula is C13H24N4O. The normalized spacial score (nSPS) is 21.4. The van der Waals surface area contributed by atoms with Crippen LogP contribution >= 0.6 is 0 Å². The van der Waals surface area contributed by atoms with Crippen molar-refractivity contribution in [2.24, 2.45) is 12.9 Å². The fourth-order valence-corrected chi connectivity index (χ4v) is 2.55. The van der Waals surface area contributed by atoms with E-state index < -0.39 is 0 Å². The lowest BCUT2D eigenvalue weighted by molar-refractivity contribution is 0.0944. The van der Waals surface area contributed by atoms with E-state index in [0.29, 0.717) is 6.10 Å². The maximum Gasteiger partial charge on any atom is 0.0624 e. The van der Waals surface area contributed by atoms with Crippen molar-refractivity contribution in [3.05, 3.63) is 17.5 Å².